The lowest BCUT2D eigenvalue weighted by Crippen LogP contribution is -2.21. The van der Waals surface area contributed by atoms with Gasteiger partial charge in [-0.15, -0.1) is 11.3 Å². The van der Waals surface area contributed by atoms with Gasteiger partial charge in [-0.2, -0.15) is 0 Å². The van der Waals surface area contributed by atoms with Gasteiger partial charge in [0.25, 0.3) is 0 Å². The summed E-state index contributed by atoms with van der Waals surface area (Å²) in [7, 11) is 3.90. The molecule has 0 aliphatic rings. The summed E-state index contributed by atoms with van der Waals surface area (Å²) in [6.07, 6.45) is 0.436. The van der Waals surface area contributed by atoms with Gasteiger partial charge in [-0.05, 0) is 14.1 Å². The Kier molecular flexibility index (Phi) is 4.19. The summed E-state index contributed by atoms with van der Waals surface area (Å²) < 4.78 is 0. The number of nitrogens with zero attached hydrogens (tertiary/aromatic N) is 2. The van der Waals surface area contributed by atoms with Gasteiger partial charge in [0.1, 0.15) is 0 Å². The molecule has 2 N–H and O–H groups in total. The third kappa shape index (κ3) is 3.94. The van der Waals surface area contributed by atoms with Crippen molar-refractivity contribution < 1.29 is 15.0 Å². The van der Waals surface area contributed by atoms with Gasteiger partial charge in [0.05, 0.1) is 5.01 Å². The molecule has 0 radical (unpaired) electrons. The normalized spacial score (nSPS) is 13.1. The predicted octanol–water partition coefficient (Wildman–Crippen LogP) is 0.193. The van der Waals surface area contributed by atoms with Gasteiger partial charge in [-0.3, -0.25) is 0 Å². The van der Waals surface area contributed by atoms with Crippen molar-refractivity contribution in [2.24, 2.45) is 0 Å². The van der Waals surface area contributed by atoms with E-state index in [2.05, 4.69) is 4.98 Å². The van der Waals surface area contributed by atoms with Crippen molar-refractivity contribution in [3.8, 4) is 0 Å². The molecule has 1 atom stereocenters. The van der Waals surface area contributed by atoms with Crippen LogP contribution in [-0.2, 0) is 17.8 Å². The van der Waals surface area contributed by atoms with Crippen molar-refractivity contribution >= 4 is 17.3 Å². The first-order valence-electron chi connectivity index (χ1n) is 4.48. The van der Waals surface area contributed by atoms with Crippen molar-refractivity contribution in [2.75, 3.05) is 14.1 Å². The predicted molar refractivity (Wildman–Crippen MR) is 56.9 cm³/mol. The summed E-state index contributed by atoms with van der Waals surface area (Å²) >= 11 is 1.43. The van der Waals surface area contributed by atoms with E-state index in [1.165, 1.54) is 11.3 Å². The van der Waals surface area contributed by atoms with E-state index < -0.39 is 12.1 Å². The Bertz CT molecular complexity index is 338. The quantitative estimate of drug-likeness (QED) is 0.755. The van der Waals surface area contributed by atoms with Crippen molar-refractivity contribution in [3.05, 3.63) is 16.1 Å². The highest BCUT2D eigenvalue weighted by Gasteiger charge is 2.15. The molecule has 84 valence electrons. The van der Waals surface area contributed by atoms with Crippen LogP contribution < -0.4 is 0 Å². The van der Waals surface area contributed by atoms with Crippen LogP contribution in [0.1, 0.15) is 9.88 Å². The molecule has 0 aliphatic heterocycles. The molecule has 1 heterocycles. The summed E-state index contributed by atoms with van der Waals surface area (Å²) in [5, 5.41) is 18.3. The van der Waals surface area contributed by atoms with Crippen LogP contribution in [0.2, 0.25) is 0 Å². The lowest BCUT2D eigenvalue weighted by molar-refractivity contribution is -0.146. The third-order valence-corrected chi connectivity index (χ3v) is 2.73. The SMILES string of the molecule is CN(C)Cc1cnc(CC(O)C(=O)O)s1. The van der Waals surface area contributed by atoms with Gasteiger partial charge in [0, 0.05) is 24.0 Å². The zero-order valence-electron chi connectivity index (χ0n) is 8.67. The minimum Gasteiger partial charge on any atom is -0.479 e. The second-order valence-electron chi connectivity index (χ2n) is 3.52. The van der Waals surface area contributed by atoms with E-state index in [9.17, 15) is 4.79 Å². The van der Waals surface area contributed by atoms with E-state index in [4.69, 9.17) is 10.2 Å². The van der Waals surface area contributed by atoms with Crippen molar-refractivity contribution in [2.45, 2.75) is 19.1 Å². The molecule has 15 heavy (non-hydrogen) atoms. The number of hydrogen-bond acceptors (Lipinski definition) is 5. The van der Waals surface area contributed by atoms with Gasteiger partial charge in [0.2, 0.25) is 0 Å². The summed E-state index contributed by atoms with van der Waals surface area (Å²) in [4.78, 5) is 17.5. The zero-order chi connectivity index (χ0) is 11.4. The van der Waals surface area contributed by atoms with E-state index in [0.717, 1.165) is 11.4 Å². The molecule has 0 aliphatic carbocycles. The Morgan fingerprint density at radius 3 is 2.87 bits per heavy atom. The number of carboxylic acid groups (broad SMARTS) is 1. The van der Waals surface area contributed by atoms with E-state index >= 15 is 0 Å². The molecule has 0 aromatic carbocycles. The van der Waals surface area contributed by atoms with Crippen LogP contribution in [0.3, 0.4) is 0 Å². The maximum absolute atomic E-state index is 10.4. The molecular weight excluding hydrogens is 216 g/mol. The molecule has 5 nitrogen and oxygen atoms in total. The number of aromatic nitrogens is 1. The monoisotopic (exact) mass is 230 g/mol. The number of hydrogen-bond donors (Lipinski definition) is 2. The molecule has 0 saturated heterocycles. The van der Waals surface area contributed by atoms with Gasteiger partial charge in [-0.1, -0.05) is 0 Å². The van der Waals surface area contributed by atoms with Crippen molar-refractivity contribution in [3.63, 3.8) is 0 Å². The van der Waals surface area contributed by atoms with E-state index in [-0.39, 0.29) is 6.42 Å². The van der Waals surface area contributed by atoms with Crippen LogP contribution >= 0.6 is 11.3 Å². The molecule has 1 rings (SSSR count). The fourth-order valence-corrected chi connectivity index (χ4v) is 2.16. The Hall–Kier alpha value is -0.980. The van der Waals surface area contributed by atoms with E-state index in [0.29, 0.717) is 5.01 Å². The molecule has 0 saturated carbocycles. The number of rotatable bonds is 5. The standard InChI is InChI=1S/C9H14N2O3S/c1-11(2)5-6-4-10-8(15-6)3-7(12)9(13)14/h4,7,12H,3,5H2,1-2H3,(H,13,14). The van der Waals surface area contributed by atoms with Gasteiger partial charge < -0.3 is 15.1 Å². The summed E-state index contributed by atoms with van der Waals surface area (Å²) in [5.41, 5.74) is 0. The van der Waals surface area contributed by atoms with Crippen LogP contribution in [0.25, 0.3) is 0 Å². The highest BCUT2D eigenvalue weighted by Crippen LogP contribution is 2.15. The first-order valence-corrected chi connectivity index (χ1v) is 5.30. The van der Waals surface area contributed by atoms with Crippen LogP contribution in [-0.4, -0.2) is 46.3 Å². The van der Waals surface area contributed by atoms with Gasteiger partial charge in [-0.25, -0.2) is 9.78 Å². The van der Waals surface area contributed by atoms with Crippen LogP contribution in [0.5, 0.6) is 0 Å². The molecule has 0 fully saturated rings. The molecule has 1 aromatic heterocycles. The highest BCUT2D eigenvalue weighted by molar-refractivity contribution is 7.11. The zero-order valence-corrected chi connectivity index (χ0v) is 9.49. The average Bonchev–Trinajstić information content (AvgIpc) is 2.51. The maximum atomic E-state index is 10.4. The number of carboxylic acids is 1. The largest absolute Gasteiger partial charge is 0.479 e. The Labute approximate surface area is 92.0 Å². The summed E-state index contributed by atoms with van der Waals surface area (Å²) in [5.74, 6) is -1.21. The molecule has 0 spiro atoms. The maximum Gasteiger partial charge on any atom is 0.332 e. The second kappa shape index (κ2) is 5.20. The first-order chi connectivity index (χ1) is 6.99. The molecular formula is C9H14N2O3S. The number of aliphatic hydroxyl groups excluding tert-OH is 1. The fourth-order valence-electron chi connectivity index (χ4n) is 1.08. The smallest absolute Gasteiger partial charge is 0.332 e. The summed E-state index contributed by atoms with van der Waals surface area (Å²) in [6, 6.07) is 0. The van der Waals surface area contributed by atoms with Crippen molar-refractivity contribution in [1.29, 1.82) is 0 Å². The van der Waals surface area contributed by atoms with Crippen LogP contribution in [0, 0.1) is 0 Å². The van der Waals surface area contributed by atoms with Gasteiger partial charge >= 0.3 is 5.97 Å². The topological polar surface area (TPSA) is 73.7 Å². The van der Waals surface area contributed by atoms with E-state index in [1.807, 2.05) is 19.0 Å². The lowest BCUT2D eigenvalue weighted by atomic mass is 10.3. The first kappa shape index (κ1) is 12.1. The van der Waals surface area contributed by atoms with Crippen molar-refractivity contribution in [1.82, 2.24) is 9.88 Å². The number of carbonyl (C=O) groups is 1. The second-order valence-corrected chi connectivity index (χ2v) is 4.72. The Balaban J connectivity index is 2.56. The molecule has 0 bridgehead atoms. The molecule has 0 amide bonds. The fraction of sp³-hybridized carbons (Fsp3) is 0.556. The number of thiazole rings is 1. The minimum atomic E-state index is -1.36. The Morgan fingerprint density at radius 1 is 1.67 bits per heavy atom. The number of aliphatic hydroxyl groups is 1. The van der Waals surface area contributed by atoms with E-state index in [1.54, 1.807) is 6.20 Å². The minimum absolute atomic E-state index is 0.0768. The van der Waals surface area contributed by atoms with Crippen LogP contribution in [0.4, 0.5) is 0 Å². The van der Waals surface area contributed by atoms with Crippen LogP contribution in [0.15, 0.2) is 6.20 Å². The molecule has 1 unspecified atom stereocenters. The lowest BCUT2D eigenvalue weighted by Gasteiger charge is -2.05. The highest BCUT2D eigenvalue weighted by atomic mass is 32.1. The average molecular weight is 230 g/mol. The number of aliphatic carboxylic acids is 1. The molecule has 6 heteroatoms. The third-order valence-electron chi connectivity index (χ3n) is 1.73. The Morgan fingerprint density at radius 2 is 2.33 bits per heavy atom. The summed E-state index contributed by atoms with van der Waals surface area (Å²) in [6.45, 7) is 0.779. The molecule has 1 aromatic rings. The van der Waals surface area contributed by atoms with Gasteiger partial charge in [0.15, 0.2) is 6.10 Å².